The van der Waals surface area contributed by atoms with Crippen LogP contribution in [0, 0.1) is 0 Å². The Hall–Kier alpha value is -1.95. The first kappa shape index (κ1) is 11.2. The number of carboxylic acids is 1. The molecule has 1 aliphatic heterocycles. The van der Waals surface area contributed by atoms with Gasteiger partial charge in [0.25, 0.3) is 0 Å². The maximum absolute atomic E-state index is 10.9. The van der Waals surface area contributed by atoms with Crippen LogP contribution >= 0.6 is 0 Å². The maximum atomic E-state index is 10.9. The number of carbonyl (C=O) groups is 1. The average molecular weight is 247 g/mol. The lowest BCUT2D eigenvalue weighted by Gasteiger charge is -2.14. The van der Waals surface area contributed by atoms with Crippen LogP contribution in [0.4, 0.5) is 0 Å². The van der Waals surface area contributed by atoms with Crippen LogP contribution in [0.1, 0.15) is 29.7 Å². The van der Waals surface area contributed by atoms with Gasteiger partial charge in [0, 0.05) is 6.61 Å². The fourth-order valence-electron chi connectivity index (χ4n) is 2.36. The molecule has 0 saturated carbocycles. The van der Waals surface area contributed by atoms with Gasteiger partial charge in [0.15, 0.2) is 0 Å². The molecule has 0 amide bonds. The first-order valence-corrected chi connectivity index (χ1v) is 5.86. The first-order valence-electron chi connectivity index (χ1n) is 5.86. The SMILES string of the molecule is CC1OCCC1n1nnc2cc(C(=O)O)ccc21. The predicted molar refractivity (Wildman–Crippen MR) is 63.6 cm³/mol. The first-order chi connectivity index (χ1) is 8.66. The molecule has 0 radical (unpaired) electrons. The molecular formula is C12H13N3O3. The fraction of sp³-hybridized carbons (Fsp3) is 0.417. The summed E-state index contributed by atoms with van der Waals surface area (Å²) in [5.41, 5.74) is 1.68. The molecular weight excluding hydrogens is 234 g/mol. The second kappa shape index (κ2) is 4.06. The third-order valence-corrected chi connectivity index (χ3v) is 3.37. The van der Waals surface area contributed by atoms with E-state index in [4.69, 9.17) is 9.84 Å². The number of hydrogen-bond acceptors (Lipinski definition) is 4. The molecule has 1 aromatic heterocycles. The van der Waals surface area contributed by atoms with Gasteiger partial charge in [-0.25, -0.2) is 9.48 Å². The number of ether oxygens (including phenoxy) is 1. The Morgan fingerprint density at radius 2 is 2.39 bits per heavy atom. The number of hydrogen-bond donors (Lipinski definition) is 1. The fourth-order valence-corrected chi connectivity index (χ4v) is 2.36. The van der Waals surface area contributed by atoms with Gasteiger partial charge in [-0.15, -0.1) is 5.10 Å². The Labute approximate surface area is 103 Å². The van der Waals surface area contributed by atoms with Gasteiger partial charge in [-0.2, -0.15) is 0 Å². The van der Waals surface area contributed by atoms with E-state index in [1.807, 2.05) is 11.6 Å². The summed E-state index contributed by atoms with van der Waals surface area (Å²) >= 11 is 0. The summed E-state index contributed by atoms with van der Waals surface area (Å²) in [6, 6.07) is 5.04. The smallest absolute Gasteiger partial charge is 0.335 e. The molecule has 1 N–H and O–H groups in total. The molecule has 18 heavy (non-hydrogen) atoms. The average Bonchev–Trinajstić information content (AvgIpc) is 2.93. The monoisotopic (exact) mass is 247 g/mol. The largest absolute Gasteiger partial charge is 0.478 e. The van der Waals surface area contributed by atoms with Crippen molar-refractivity contribution in [3.8, 4) is 0 Å². The lowest BCUT2D eigenvalue weighted by atomic mass is 10.1. The standard InChI is InChI=1S/C12H13N3O3/c1-7-10(4-5-18-7)15-11-3-2-8(12(16)17)6-9(11)13-14-15/h2-3,6-7,10H,4-5H2,1H3,(H,16,17). The van der Waals surface area contributed by atoms with Crippen LogP contribution in [0.3, 0.4) is 0 Å². The maximum Gasteiger partial charge on any atom is 0.335 e. The highest BCUT2D eigenvalue weighted by Gasteiger charge is 2.28. The summed E-state index contributed by atoms with van der Waals surface area (Å²) in [7, 11) is 0. The number of fused-ring (bicyclic) bond motifs is 1. The summed E-state index contributed by atoms with van der Waals surface area (Å²) in [6.45, 7) is 2.73. The van der Waals surface area contributed by atoms with E-state index in [9.17, 15) is 4.79 Å². The molecule has 0 bridgehead atoms. The molecule has 3 rings (SSSR count). The lowest BCUT2D eigenvalue weighted by molar-refractivity contribution is 0.0697. The summed E-state index contributed by atoms with van der Waals surface area (Å²) < 4.78 is 7.35. The van der Waals surface area contributed by atoms with Gasteiger partial charge in [0.1, 0.15) is 5.52 Å². The normalized spacial score (nSPS) is 23.6. The lowest BCUT2D eigenvalue weighted by Crippen LogP contribution is -2.18. The molecule has 1 aromatic carbocycles. The minimum absolute atomic E-state index is 0.106. The van der Waals surface area contributed by atoms with Crippen LogP contribution in [-0.4, -0.2) is 38.8 Å². The molecule has 1 aliphatic rings. The number of aromatic carboxylic acids is 1. The topological polar surface area (TPSA) is 77.2 Å². The van der Waals surface area contributed by atoms with Crippen LogP contribution < -0.4 is 0 Å². The molecule has 94 valence electrons. The Morgan fingerprint density at radius 3 is 3.06 bits per heavy atom. The third kappa shape index (κ3) is 1.65. The van der Waals surface area contributed by atoms with E-state index in [-0.39, 0.29) is 17.7 Å². The highest BCUT2D eigenvalue weighted by molar-refractivity contribution is 5.92. The Balaban J connectivity index is 2.07. The van der Waals surface area contributed by atoms with Gasteiger partial charge < -0.3 is 9.84 Å². The quantitative estimate of drug-likeness (QED) is 0.869. The Kier molecular flexibility index (Phi) is 2.52. The van der Waals surface area contributed by atoms with Crippen molar-refractivity contribution in [2.24, 2.45) is 0 Å². The molecule has 2 unspecified atom stereocenters. The van der Waals surface area contributed by atoms with E-state index >= 15 is 0 Å². The van der Waals surface area contributed by atoms with Gasteiger partial charge in [-0.1, -0.05) is 5.21 Å². The molecule has 6 nitrogen and oxygen atoms in total. The van der Waals surface area contributed by atoms with Crippen LogP contribution in [0.5, 0.6) is 0 Å². The third-order valence-electron chi connectivity index (χ3n) is 3.37. The van der Waals surface area contributed by atoms with Crippen molar-refractivity contribution in [3.63, 3.8) is 0 Å². The van der Waals surface area contributed by atoms with E-state index < -0.39 is 5.97 Å². The van der Waals surface area contributed by atoms with E-state index in [2.05, 4.69) is 10.3 Å². The van der Waals surface area contributed by atoms with Crippen molar-refractivity contribution in [2.75, 3.05) is 6.61 Å². The highest BCUT2D eigenvalue weighted by Crippen LogP contribution is 2.28. The minimum Gasteiger partial charge on any atom is -0.478 e. The zero-order chi connectivity index (χ0) is 12.7. The van der Waals surface area contributed by atoms with Gasteiger partial charge in [-0.3, -0.25) is 0 Å². The number of rotatable bonds is 2. The number of aromatic nitrogens is 3. The summed E-state index contributed by atoms with van der Waals surface area (Å²) in [6.07, 6.45) is 1.01. The molecule has 0 spiro atoms. The number of nitrogens with zero attached hydrogens (tertiary/aromatic N) is 3. The van der Waals surface area contributed by atoms with Gasteiger partial charge in [-0.05, 0) is 31.5 Å². The molecule has 2 atom stereocenters. The molecule has 2 heterocycles. The Bertz CT molecular complexity index is 608. The van der Waals surface area contributed by atoms with Gasteiger partial charge in [0.2, 0.25) is 0 Å². The van der Waals surface area contributed by atoms with Crippen molar-refractivity contribution in [1.82, 2.24) is 15.0 Å². The summed E-state index contributed by atoms with van der Waals surface area (Å²) in [4.78, 5) is 10.9. The molecule has 6 heteroatoms. The molecule has 2 aromatic rings. The van der Waals surface area contributed by atoms with Crippen molar-refractivity contribution < 1.29 is 14.6 Å². The van der Waals surface area contributed by atoms with Crippen LogP contribution in [0.25, 0.3) is 11.0 Å². The van der Waals surface area contributed by atoms with Crippen LogP contribution in [0.2, 0.25) is 0 Å². The van der Waals surface area contributed by atoms with Crippen molar-refractivity contribution >= 4 is 17.0 Å². The van der Waals surface area contributed by atoms with E-state index in [0.717, 1.165) is 18.5 Å². The van der Waals surface area contributed by atoms with E-state index in [0.29, 0.717) is 5.52 Å². The van der Waals surface area contributed by atoms with Crippen LogP contribution in [-0.2, 0) is 4.74 Å². The minimum atomic E-state index is -0.955. The van der Waals surface area contributed by atoms with Gasteiger partial charge >= 0.3 is 5.97 Å². The number of carboxylic acid groups (broad SMARTS) is 1. The Morgan fingerprint density at radius 1 is 1.56 bits per heavy atom. The second-order valence-corrected chi connectivity index (χ2v) is 4.47. The van der Waals surface area contributed by atoms with Crippen molar-refractivity contribution in [3.05, 3.63) is 23.8 Å². The van der Waals surface area contributed by atoms with Crippen LogP contribution in [0.15, 0.2) is 18.2 Å². The highest BCUT2D eigenvalue weighted by atomic mass is 16.5. The molecule has 1 saturated heterocycles. The number of benzene rings is 1. The summed E-state index contributed by atoms with van der Waals surface area (Å²) in [5, 5.41) is 17.1. The molecule has 1 fully saturated rings. The van der Waals surface area contributed by atoms with E-state index in [1.165, 1.54) is 0 Å². The zero-order valence-electron chi connectivity index (χ0n) is 9.91. The van der Waals surface area contributed by atoms with Crippen molar-refractivity contribution in [2.45, 2.75) is 25.5 Å². The van der Waals surface area contributed by atoms with Crippen molar-refractivity contribution in [1.29, 1.82) is 0 Å². The predicted octanol–water partition coefficient (Wildman–Crippen LogP) is 1.48. The summed E-state index contributed by atoms with van der Waals surface area (Å²) in [5.74, 6) is -0.955. The van der Waals surface area contributed by atoms with Gasteiger partial charge in [0.05, 0.1) is 23.2 Å². The zero-order valence-corrected chi connectivity index (χ0v) is 9.91. The second-order valence-electron chi connectivity index (χ2n) is 4.47. The van der Waals surface area contributed by atoms with E-state index in [1.54, 1.807) is 18.2 Å². The molecule has 0 aliphatic carbocycles.